The Kier molecular flexibility index (Phi) is 4.32. The van der Waals surface area contributed by atoms with E-state index < -0.39 is 11.9 Å². The van der Waals surface area contributed by atoms with Gasteiger partial charge < -0.3 is 11.1 Å². The summed E-state index contributed by atoms with van der Waals surface area (Å²) in [6.07, 6.45) is 2.71. The molecule has 1 aliphatic carbocycles. The molecule has 29 heavy (non-hydrogen) atoms. The van der Waals surface area contributed by atoms with Crippen LogP contribution in [0.3, 0.4) is 0 Å². The van der Waals surface area contributed by atoms with E-state index in [0.717, 1.165) is 24.5 Å². The minimum absolute atomic E-state index is 0.194. The molecule has 3 aliphatic rings. The van der Waals surface area contributed by atoms with E-state index in [1.807, 2.05) is 42.5 Å². The summed E-state index contributed by atoms with van der Waals surface area (Å²) in [5, 5.41) is 8.99. The smallest absolute Gasteiger partial charge is 0.271 e. The van der Waals surface area contributed by atoms with E-state index >= 15 is 0 Å². The molecule has 2 aliphatic heterocycles. The first-order valence-corrected chi connectivity index (χ1v) is 9.97. The second-order valence-corrected chi connectivity index (χ2v) is 7.88. The fourth-order valence-electron chi connectivity index (χ4n) is 4.14. The fraction of sp³-hybridized carbons (Fsp3) is 0.318. The molecule has 1 atom stereocenters. The van der Waals surface area contributed by atoms with Crippen LogP contribution < -0.4 is 16.1 Å². The third kappa shape index (κ3) is 3.38. The van der Waals surface area contributed by atoms with Crippen molar-refractivity contribution >= 4 is 28.9 Å². The van der Waals surface area contributed by atoms with E-state index in [1.165, 1.54) is 24.0 Å². The molecule has 3 N–H and O–H groups in total. The highest BCUT2D eigenvalue weighted by atomic mass is 16.2. The van der Waals surface area contributed by atoms with Gasteiger partial charge in [-0.05, 0) is 42.2 Å². The van der Waals surface area contributed by atoms with Gasteiger partial charge in [0.25, 0.3) is 5.91 Å². The molecule has 0 aromatic heterocycles. The van der Waals surface area contributed by atoms with Crippen LogP contribution in [0.5, 0.6) is 0 Å². The first kappa shape index (κ1) is 17.9. The van der Waals surface area contributed by atoms with Gasteiger partial charge in [0.2, 0.25) is 5.91 Å². The van der Waals surface area contributed by atoms with Gasteiger partial charge in [0, 0.05) is 31.2 Å². The van der Waals surface area contributed by atoms with E-state index in [4.69, 9.17) is 5.73 Å². The van der Waals surface area contributed by atoms with Crippen LogP contribution in [-0.4, -0.2) is 34.5 Å². The maximum atomic E-state index is 13.0. The molecule has 2 aromatic rings. The number of amides is 2. The number of hydrazone groups is 1. The predicted molar refractivity (Wildman–Crippen MR) is 111 cm³/mol. The lowest BCUT2D eigenvalue weighted by atomic mass is 10.1. The average Bonchev–Trinajstić information content (AvgIpc) is 3.31. The number of fused-ring (bicyclic) bond motifs is 1. The quantitative estimate of drug-likeness (QED) is 0.820. The Morgan fingerprint density at radius 1 is 1.03 bits per heavy atom. The highest BCUT2D eigenvalue weighted by molar-refractivity contribution is 6.44. The third-order valence-corrected chi connectivity index (χ3v) is 5.84. The van der Waals surface area contributed by atoms with E-state index in [0.29, 0.717) is 11.8 Å². The van der Waals surface area contributed by atoms with Gasteiger partial charge in [0.15, 0.2) is 0 Å². The Bertz CT molecular complexity index is 1000. The number of para-hydroxylation sites is 1. The lowest BCUT2D eigenvalue weighted by Gasteiger charge is -2.20. The number of hydrogen-bond donors (Lipinski definition) is 2. The van der Waals surface area contributed by atoms with Crippen LogP contribution in [0.15, 0.2) is 53.6 Å². The molecule has 1 fully saturated rings. The van der Waals surface area contributed by atoms with Gasteiger partial charge in [-0.1, -0.05) is 30.3 Å². The molecule has 7 nitrogen and oxygen atoms in total. The molecule has 7 heteroatoms. The van der Waals surface area contributed by atoms with Gasteiger partial charge in [-0.2, -0.15) is 5.10 Å². The van der Waals surface area contributed by atoms with Crippen molar-refractivity contribution in [3.8, 4) is 0 Å². The van der Waals surface area contributed by atoms with E-state index in [9.17, 15) is 9.59 Å². The standard InChI is InChI=1S/C22H23N5O2/c23-21(28)20-11-19(25-27(20)16-6-2-1-3-7-16)22(29)24-18-8-4-5-14-12-26(13-17(14)18)15-9-10-15/h1-8,15,20H,9-13H2,(H2,23,28)(H,24,29). The number of anilines is 2. The summed E-state index contributed by atoms with van der Waals surface area (Å²) in [5.41, 5.74) is 9.89. The van der Waals surface area contributed by atoms with Crippen LogP contribution in [0.4, 0.5) is 11.4 Å². The number of carbonyl (C=O) groups is 2. The van der Waals surface area contributed by atoms with Crippen molar-refractivity contribution in [3.05, 3.63) is 59.7 Å². The monoisotopic (exact) mass is 389 g/mol. The number of rotatable bonds is 5. The molecule has 0 radical (unpaired) electrons. The summed E-state index contributed by atoms with van der Waals surface area (Å²) in [6.45, 7) is 1.80. The van der Waals surface area contributed by atoms with E-state index in [-0.39, 0.29) is 12.3 Å². The van der Waals surface area contributed by atoms with Gasteiger partial charge in [-0.3, -0.25) is 19.5 Å². The molecule has 5 rings (SSSR count). The number of primary amides is 1. The number of nitrogens with two attached hydrogens (primary N) is 1. The predicted octanol–water partition coefficient (Wildman–Crippen LogP) is 2.22. The van der Waals surface area contributed by atoms with Crippen molar-refractivity contribution in [2.45, 2.75) is 44.4 Å². The number of carbonyl (C=O) groups excluding carboxylic acids is 2. The second-order valence-electron chi connectivity index (χ2n) is 7.88. The molecule has 2 heterocycles. The van der Waals surface area contributed by atoms with Crippen LogP contribution >= 0.6 is 0 Å². The van der Waals surface area contributed by atoms with Crippen LogP contribution in [0, 0.1) is 0 Å². The van der Waals surface area contributed by atoms with Crippen LogP contribution in [-0.2, 0) is 22.7 Å². The second kappa shape index (κ2) is 7.00. The zero-order chi connectivity index (χ0) is 20.0. The summed E-state index contributed by atoms with van der Waals surface area (Å²) in [6, 6.07) is 15.4. The summed E-state index contributed by atoms with van der Waals surface area (Å²) < 4.78 is 0. The molecule has 1 unspecified atom stereocenters. The van der Waals surface area contributed by atoms with Crippen molar-refractivity contribution in [2.75, 3.05) is 10.3 Å². The maximum Gasteiger partial charge on any atom is 0.271 e. The highest BCUT2D eigenvalue weighted by Crippen LogP contribution is 2.37. The minimum atomic E-state index is -0.662. The first-order chi connectivity index (χ1) is 14.1. The summed E-state index contributed by atoms with van der Waals surface area (Å²) in [5.74, 6) is -0.783. The van der Waals surface area contributed by atoms with Crippen molar-refractivity contribution in [1.29, 1.82) is 0 Å². The molecule has 2 amide bonds. The summed E-state index contributed by atoms with van der Waals surface area (Å²) in [4.78, 5) is 27.4. The molecule has 2 aromatic carbocycles. The molecule has 0 saturated heterocycles. The first-order valence-electron chi connectivity index (χ1n) is 9.97. The van der Waals surface area contributed by atoms with Gasteiger partial charge in [-0.25, -0.2) is 0 Å². The summed E-state index contributed by atoms with van der Waals surface area (Å²) in [7, 11) is 0. The molecule has 1 saturated carbocycles. The zero-order valence-electron chi connectivity index (χ0n) is 16.0. The van der Waals surface area contributed by atoms with Gasteiger partial charge in [0.05, 0.1) is 5.69 Å². The van der Waals surface area contributed by atoms with Gasteiger partial charge in [-0.15, -0.1) is 0 Å². The SMILES string of the molecule is NC(=O)C1CC(C(=O)Nc2cccc3c2CN(C2CC2)C3)=NN1c1ccccc1. The molecule has 0 bridgehead atoms. The zero-order valence-corrected chi connectivity index (χ0v) is 16.0. The van der Waals surface area contributed by atoms with Crippen LogP contribution in [0.25, 0.3) is 0 Å². The Labute approximate surface area is 169 Å². The summed E-state index contributed by atoms with van der Waals surface area (Å²) >= 11 is 0. The molecular formula is C22H23N5O2. The third-order valence-electron chi connectivity index (χ3n) is 5.84. The number of hydrogen-bond acceptors (Lipinski definition) is 5. The normalized spacial score (nSPS) is 21.0. The van der Waals surface area contributed by atoms with Crippen molar-refractivity contribution in [1.82, 2.24) is 4.90 Å². The van der Waals surface area contributed by atoms with Gasteiger partial charge in [0.1, 0.15) is 11.8 Å². The van der Waals surface area contributed by atoms with Crippen LogP contribution in [0.2, 0.25) is 0 Å². The topological polar surface area (TPSA) is 91.0 Å². The number of benzene rings is 2. The van der Waals surface area contributed by atoms with Crippen molar-refractivity contribution in [2.24, 2.45) is 10.8 Å². The lowest BCUT2D eigenvalue weighted by Crippen LogP contribution is -2.39. The molecular weight excluding hydrogens is 366 g/mol. The number of nitrogens with zero attached hydrogens (tertiary/aromatic N) is 3. The lowest BCUT2D eigenvalue weighted by molar-refractivity contribution is -0.119. The Morgan fingerprint density at radius 2 is 1.83 bits per heavy atom. The minimum Gasteiger partial charge on any atom is -0.368 e. The van der Waals surface area contributed by atoms with Crippen molar-refractivity contribution in [3.63, 3.8) is 0 Å². The van der Waals surface area contributed by atoms with Crippen LogP contribution in [0.1, 0.15) is 30.4 Å². The Balaban J connectivity index is 1.37. The Hall–Kier alpha value is -3.19. The molecule has 148 valence electrons. The average molecular weight is 389 g/mol. The Morgan fingerprint density at radius 3 is 2.55 bits per heavy atom. The fourth-order valence-corrected chi connectivity index (χ4v) is 4.14. The highest BCUT2D eigenvalue weighted by Gasteiger charge is 2.36. The van der Waals surface area contributed by atoms with E-state index in [2.05, 4.69) is 21.4 Å². The maximum absolute atomic E-state index is 13.0. The largest absolute Gasteiger partial charge is 0.368 e. The van der Waals surface area contributed by atoms with Crippen molar-refractivity contribution < 1.29 is 9.59 Å². The van der Waals surface area contributed by atoms with Gasteiger partial charge >= 0.3 is 0 Å². The number of nitrogens with one attached hydrogen (secondary N) is 1. The molecule has 0 spiro atoms. The van der Waals surface area contributed by atoms with E-state index in [1.54, 1.807) is 5.01 Å².